The third-order valence-corrected chi connectivity index (χ3v) is 5.44. The van der Waals surface area contributed by atoms with Gasteiger partial charge < -0.3 is 16.0 Å². The number of amides is 2. The van der Waals surface area contributed by atoms with E-state index >= 15 is 0 Å². The molecule has 0 aliphatic carbocycles. The van der Waals surface area contributed by atoms with Gasteiger partial charge >= 0.3 is 0 Å². The van der Waals surface area contributed by atoms with E-state index < -0.39 is 11.6 Å². The Labute approximate surface area is 175 Å². The number of fused-ring (bicyclic) bond motifs is 1. The Bertz CT molecular complexity index is 1190. The molecule has 0 radical (unpaired) electrons. The molecular weight excluding hydrogens is 404 g/mol. The van der Waals surface area contributed by atoms with Crippen molar-refractivity contribution in [1.82, 2.24) is 20.6 Å². The minimum absolute atomic E-state index is 0.00237. The van der Waals surface area contributed by atoms with Gasteiger partial charge in [-0.1, -0.05) is 18.2 Å². The number of hydrogen-bond acceptors (Lipinski definition) is 5. The van der Waals surface area contributed by atoms with Crippen LogP contribution in [0.1, 0.15) is 34.0 Å². The van der Waals surface area contributed by atoms with Gasteiger partial charge in [0.25, 0.3) is 5.91 Å². The summed E-state index contributed by atoms with van der Waals surface area (Å²) in [6, 6.07) is 10.7. The number of aromatic nitrogens is 2. The van der Waals surface area contributed by atoms with Crippen LogP contribution in [-0.2, 0) is 11.3 Å². The number of nitrogens with zero attached hydrogens (tertiary/aromatic N) is 2. The maximum Gasteiger partial charge on any atom is 0.257 e. The molecular formula is C22H17F2N5O2. The lowest BCUT2D eigenvalue weighted by Crippen LogP contribution is -2.17. The largest absolute Gasteiger partial charge is 0.356 e. The second-order valence-corrected chi connectivity index (χ2v) is 7.38. The fraction of sp³-hybridized carbons (Fsp3) is 0.182. The second-order valence-electron chi connectivity index (χ2n) is 7.38. The van der Waals surface area contributed by atoms with Gasteiger partial charge in [-0.05, 0) is 36.2 Å². The van der Waals surface area contributed by atoms with Crippen LogP contribution in [0.3, 0.4) is 0 Å². The molecule has 9 heteroatoms. The maximum atomic E-state index is 14.3. The first-order valence-electron chi connectivity index (χ1n) is 9.79. The summed E-state index contributed by atoms with van der Waals surface area (Å²) >= 11 is 0. The molecule has 0 spiro atoms. The highest BCUT2D eigenvalue weighted by Crippen LogP contribution is 2.31. The number of hydrogen-bond donors (Lipinski definition) is 3. The Morgan fingerprint density at radius 1 is 0.935 bits per heavy atom. The Hall–Kier alpha value is -3.88. The van der Waals surface area contributed by atoms with Gasteiger partial charge in [0.2, 0.25) is 5.91 Å². The molecule has 0 saturated carbocycles. The van der Waals surface area contributed by atoms with Crippen LogP contribution in [0, 0.1) is 11.6 Å². The van der Waals surface area contributed by atoms with E-state index in [1.165, 1.54) is 6.07 Å². The summed E-state index contributed by atoms with van der Waals surface area (Å²) in [7, 11) is 0. The van der Waals surface area contributed by atoms with Crippen molar-refractivity contribution >= 4 is 23.3 Å². The van der Waals surface area contributed by atoms with E-state index in [0.29, 0.717) is 17.9 Å². The van der Waals surface area contributed by atoms with Crippen LogP contribution in [0.5, 0.6) is 0 Å². The van der Waals surface area contributed by atoms with Crippen molar-refractivity contribution in [3.63, 3.8) is 0 Å². The smallest absolute Gasteiger partial charge is 0.257 e. The molecule has 1 aromatic heterocycles. The molecule has 0 bridgehead atoms. The standard InChI is InChI=1S/C22H17F2N5O2/c23-14-2-1-3-15(24)17(14)19-28-16-10-26-22(31)18(16)20(29-19)27-12-6-4-11(5-7-12)13-8-9-25-21(13)30/h1-7,13H,8-10H2,(H,25,30)(H,26,31)(H,27,28,29)/t13-/m1/s1. The van der Waals surface area contributed by atoms with Gasteiger partial charge in [-0.25, -0.2) is 18.7 Å². The molecule has 2 aliphatic rings. The van der Waals surface area contributed by atoms with Crippen LogP contribution in [-0.4, -0.2) is 28.3 Å². The zero-order valence-electron chi connectivity index (χ0n) is 16.2. The van der Waals surface area contributed by atoms with Gasteiger partial charge in [0.15, 0.2) is 5.82 Å². The molecule has 1 fully saturated rings. The first-order valence-corrected chi connectivity index (χ1v) is 9.79. The lowest BCUT2D eigenvalue weighted by Gasteiger charge is -2.13. The monoisotopic (exact) mass is 421 g/mol. The Morgan fingerprint density at radius 2 is 1.68 bits per heavy atom. The molecule has 2 amide bonds. The summed E-state index contributed by atoms with van der Waals surface area (Å²) in [6.07, 6.45) is 0.739. The Balaban J connectivity index is 1.52. The highest BCUT2D eigenvalue weighted by molar-refractivity contribution is 6.03. The molecule has 31 heavy (non-hydrogen) atoms. The van der Waals surface area contributed by atoms with Crippen LogP contribution in [0.2, 0.25) is 0 Å². The lowest BCUT2D eigenvalue weighted by atomic mass is 9.97. The Morgan fingerprint density at radius 3 is 2.35 bits per heavy atom. The third kappa shape index (κ3) is 3.37. The zero-order chi connectivity index (χ0) is 21.5. The highest BCUT2D eigenvalue weighted by Gasteiger charge is 2.29. The first kappa shape index (κ1) is 19.1. The minimum atomic E-state index is -0.789. The van der Waals surface area contributed by atoms with Crippen molar-refractivity contribution in [2.75, 3.05) is 11.9 Å². The fourth-order valence-corrected chi connectivity index (χ4v) is 3.89. The van der Waals surface area contributed by atoms with E-state index in [0.717, 1.165) is 24.1 Å². The summed E-state index contributed by atoms with van der Waals surface area (Å²) in [4.78, 5) is 32.7. The van der Waals surface area contributed by atoms with Crippen molar-refractivity contribution in [2.24, 2.45) is 0 Å². The lowest BCUT2D eigenvalue weighted by molar-refractivity contribution is -0.120. The van der Waals surface area contributed by atoms with E-state index in [4.69, 9.17) is 0 Å². The van der Waals surface area contributed by atoms with Crippen LogP contribution in [0.4, 0.5) is 20.3 Å². The molecule has 1 saturated heterocycles. The quantitative estimate of drug-likeness (QED) is 0.602. The summed E-state index contributed by atoms with van der Waals surface area (Å²) in [5.74, 6) is -2.11. The summed E-state index contributed by atoms with van der Waals surface area (Å²) < 4.78 is 28.6. The molecule has 156 valence electrons. The van der Waals surface area contributed by atoms with E-state index in [1.54, 1.807) is 12.1 Å². The van der Waals surface area contributed by atoms with Gasteiger partial charge in [0, 0.05) is 12.2 Å². The molecule has 3 aromatic rings. The van der Waals surface area contributed by atoms with E-state index in [9.17, 15) is 18.4 Å². The van der Waals surface area contributed by atoms with Crippen molar-refractivity contribution in [2.45, 2.75) is 18.9 Å². The fourth-order valence-electron chi connectivity index (χ4n) is 3.89. The first-order chi connectivity index (χ1) is 15.0. The molecule has 3 heterocycles. The molecule has 7 nitrogen and oxygen atoms in total. The normalized spacial score (nSPS) is 17.3. The SMILES string of the molecule is O=C1NCc2nc(-c3c(F)cccc3F)nc(Nc3ccc([C@H]4CCNC4=O)cc3)c21. The summed E-state index contributed by atoms with van der Waals surface area (Å²) in [6.45, 7) is 0.797. The van der Waals surface area contributed by atoms with Crippen molar-refractivity contribution in [1.29, 1.82) is 0 Å². The predicted octanol–water partition coefficient (Wildman–Crippen LogP) is 3.01. The summed E-state index contributed by atoms with van der Waals surface area (Å²) in [5.41, 5.74) is 1.75. The minimum Gasteiger partial charge on any atom is -0.356 e. The number of carbonyl (C=O) groups is 2. The number of anilines is 2. The van der Waals surface area contributed by atoms with E-state index in [2.05, 4.69) is 25.9 Å². The van der Waals surface area contributed by atoms with Crippen LogP contribution in [0.25, 0.3) is 11.4 Å². The van der Waals surface area contributed by atoms with Gasteiger partial charge in [-0.2, -0.15) is 0 Å². The number of carbonyl (C=O) groups excluding carboxylic acids is 2. The van der Waals surface area contributed by atoms with Crippen molar-refractivity contribution in [3.05, 3.63) is 70.9 Å². The topological polar surface area (TPSA) is 96.0 Å². The van der Waals surface area contributed by atoms with Gasteiger partial charge in [0.05, 0.1) is 23.7 Å². The van der Waals surface area contributed by atoms with Gasteiger partial charge in [-0.3, -0.25) is 9.59 Å². The van der Waals surface area contributed by atoms with E-state index in [-0.39, 0.29) is 47.0 Å². The van der Waals surface area contributed by atoms with E-state index in [1.807, 2.05) is 12.1 Å². The molecule has 3 N–H and O–H groups in total. The number of halogens is 2. The number of rotatable bonds is 4. The number of benzene rings is 2. The van der Waals surface area contributed by atoms with Crippen molar-refractivity contribution in [3.8, 4) is 11.4 Å². The zero-order valence-corrected chi connectivity index (χ0v) is 16.2. The number of nitrogens with one attached hydrogen (secondary N) is 3. The highest BCUT2D eigenvalue weighted by atomic mass is 19.1. The summed E-state index contributed by atoms with van der Waals surface area (Å²) in [5, 5.41) is 8.52. The van der Waals surface area contributed by atoms with Crippen LogP contribution < -0.4 is 16.0 Å². The van der Waals surface area contributed by atoms with Crippen LogP contribution in [0.15, 0.2) is 42.5 Å². The van der Waals surface area contributed by atoms with Gasteiger partial charge in [0.1, 0.15) is 23.0 Å². The molecule has 0 unspecified atom stereocenters. The third-order valence-electron chi connectivity index (χ3n) is 5.44. The predicted molar refractivity (Wildman–Crippen MR) is 109 cm³/mol. The maximum absolute atomic E-state index is 14.3. The molecule has 2 aromatic carbocycles. The molecule has 2 aliphatic heterocycles. The van der Waals surface area contributed by atoms with Crippen molar-refractivity contribution < 1.29 is 18.4 Å². The van der Waals surface area contributed by atoms with Crippen LogP contribution >= 0.6 is 0 Å². The average Bonchev–Trinajstić information content (AvgIpc) is 3.34. The average molecular weight is 421 g/mol. The molecule has 1 atom stereocenters. The molecule has 5 rings (SSSR count). The second kappa shape index (κ2) is 7.42. The Kier molecular flexibility index (Phi) is 4.58. The van der Waals surface area contributed by atoms with Gasteiger partial charge in [-0.15, -0.1) is 0 Å².